The smallest absolute Gasteiger partial charge is 1.00 e. The quantitative estimate of drug-likeness (QED) is 0.498. The van der Waals surface area contributed by atoms with Crippen LogP contribution in [0.2, 0.25) is 5.23 Å². The molecular formula is C10H19Cl2NTi. The van der Waals surface area contributed by atoms with Gasteiger partial charge in [0.15, 0.2) is 0 Å². The molecule has 0 saturated carbocycles. The van der Waals surface area contributed by atoms with Crippen molar-refractivity contribution in [1.29, 1.82) is 0 Å². The maximum absolute atomic E-state index is 5.35. The van der Waals surface area contributed by atoms with Crippen molar-refractivity contribution < 1.29 is 44.0 Å². The molecule has 0 saturated heterocycles. The van der Waals surface area contributed by atoms with Crippen molar-refractivity contribution >= 4 is 0 Å². The molecule has 0 radical (unpaired) electrons. The summed E-state index contributed by atoms with van der Waals surface area (Å²) < 4.78 is 1.68. The van der Waals surface area contributed by atoms with E-state index in [9.17, 15) is 0 Å². The van der Waals surface area contributed by atoms with Gasteiger partial charge in [0, 0.05) is 5.54 Å². The normalized spacial score (nSPS) is 12.5. The zero-order valence-electron chi connectivity index (χ0n) is 9.27. The van der Waals surface area contributed by atoms with Crippen molar-refractivity contribution in [2.24, 2.45) is 5.73 Å². The molecule has 14 heavy (non-hydrogen) atoms. The van der Waals surface area contributed by atoms with Crippen LogP contribution in [0, 0.1) is 0 Å². The minimum Gasteiger partial charge on any atom is -1.00 e. The molecule has 0 fully saturated rings. The SMILES string of the molecule is CC(C)(C)N.[CH3][Ti+2][C]1=CC=CC1.[Cl-].[Cl-]. The third kappa shape index (κ3) is 18.5. The molecule has 1 rings (SSSR count). The summed E-state index contributed by atoms with van der Waals surface area (Å²) in [5.41, 5.74) is 5.35. The van der Waals surface area contributed by atoms with Crippen molar-refractivity contribution in [3.05, 3.63) is 22.1 Å². The summed E-state index contributed by atoms with van der Waals surface area (Å²) >= 11 is 0.292. The number of allylic oxidation sites excluding steroid dienone is 4. The second kappa shape index (κ2) is 10.3. The zero-order chi connectivity index (χ0) is 9.61. The van der Waals surface area contributed by atoms with E-state index in [1.54, 1.807) is 3.88 Å². The summed E-state index contributed by atoms with van der Waals surface area (Å²) in [5, 5.41) is 2.32. The molecular weight excluding hydrogens is 253 g/mol. The van der Waals surface area contributed by atoms with E-state index in [4.69, 9.17) is 5.73 Å². The molecule has 1 nitrogen and oxygen atoms in total. The van der Waals surface area contributed by atoms with E-state index < -0.39 is 0 Å². The first-order valence-corrected chi connectivity index (χ1v) is 6.60. The summed E-state index contributed by atoms with van der Waals surface area (Å²) in [6.07, 6.45) is 7.88. The van der Waals surface area contributed by atoms with Crippen molar-refractivity contribution in [1.82, 2.24) is 0 Å². The van der Waals surface area contributed by atoms with Gasteiger partial charge < -0.3 is 30.5 Å². The molecule has 0 spiro atoms. The molecule has 0 aromatic carbocycles. The van der Waals surface area contributed by atoms with Gasteiger partial charge in [0.25, 0.3) is 0 Å². The molecule has 2 N–H and O–H groups in total. The van der Waals surface area contributed by atoms with Crippen molar-refractivity contribution in [2.75, 3.05) is 0 Å². The minimum absolute atomic E-state index is 0. The third-order valence-electron chi connectivity index (χ3n) is 1.09. The van der Waals surface area contributed by atoms with Gasteiger partial charge in [-0.15, -0.1) is 0 Å². The summed E-state index contributed by atoms with van der Waals surface area (Å²) in [7, 11) is 0. The Hall–Kier alpha value is 0.734. The molecule has 82 valence electrons. The third-order valence-corrected chi connectivity index (χ3v) is 2.67. The van der Waals surface area contributed by atoms with Crippen LogP contribution < -0.4 is 30.5 Å². The summed E-state index contributed by atoms with van der Waals surface area (Å²) in [6, 6.07) is 0. The van der Waals surface area contributed by atoms with E-state index in [0.717, 1.165) is 0 Å². The van der Waals surface area contributed by atoms with Gasteiger partial charge >= 0.3 is 52.9 Å². The summed E-state index contributed by atoms with van der Waals surface area (Å²) in [4.78, 5) is 0. The van der Waals surface area contributed by atoms with Crippen LogP contribution in [-0.2, 0) is 19.2 Å². The molecule has 0 bridgehead atoms. The Kier molecular flexibility index (Phi) is 14.8. The first-order chi connectivity index (χ1) is 5.43. The molecule has 0 aromatic heterocycles. The van der Waals surface area contributed by atoms with E-state index >= 15 is 0 Å². The van der Waals surface area contributed by atoms with Crippen LogP contribution in [-0.4, -0.2) is 5.54 Å². The van der Waals surface area contributed by atoms with Gasteiger partial charge in [0.2, 0.25) is 0 Å². The second-order valence-electron chi connectivity index (χ2n) is 3.94. The van der Waals surface area contributed by atoms with Crippen molar-refractivity contribution in [3.63, 3.8) is 0 Å². The first kappa shape index (κ1) is 20.2. The largest absolute Gasteiger partial charge is 1.00 e. The van der Waals surface area contributed by atoms with E-state index in [0.29, 0.717) is 19.2 Å². The first-order valence-electron chi connectivity index (χ1n) is 4.26. The van der Waals surface area contributed by atoms with Gasteiger partial charge in [0.1, 0.15) is 0 Å². The predicted octanol–water partition coefficient (Wildman–Crippen LogP) is -3.29. The Balaban J connectivity index is -0.000000159. The zero-order valence-corrected chi connectivity index (χ0v) is 12.3. The van der Waals surface area contributed by atoms with Crippen LogP contribution in [0.15, 0.2) is 22.1 Å². The van der Waals surface area contributed by atoms with E-state index in [1.165, 1.54) is 6.42 Å². The average molecular weight is 272 g/mol. The van der Waals surface area contributed by atoms with Gasteiger partial charge in [0.05, 0.1) is 0 Å². The van der Waals surface area contributed by atoms with Crippen LogP contribution in [0.3, 0.4) is 0 Å². The van der Waals surface area contributed by atoms with Crippen molar-refractivity contribution in [2.45, 2.75) is 38.0 Å². The van der Waals surface area contributed by atoms with Gasteiger partial charge in [-0.05, 0) is 20.8 Å². The summed E-state index contributed by atoms with van der Waals surface area (Å²) in [6.45, 7) is 5.90. The Morgan fingerprint density at radius 1 is 1.29 bits per heavy atom. The van der Waals surface area contributed by atoms with Crippen LogP contribution in [0.25, 0.3) is 0 Å². The molecule has 1 aliphatic carbocycles. The fourth-order valence-electron chi connectivity index (χ4n) is 0.633. The Morgan fingerprint density at radius 2 is 1.71 bits per heavy atom. The molecule has 0 heterocycles. The van der Waals surface area contributed by atoms with Gasteiger partial charge in [-0.1, -0.05) is 0 Å². The van der Waals surface area contributed by atoms with Crippen molar-refractivity contribution in [3.8, 4) is 0 Å². The predicted molar refractivity (Wildman–Crippen MR) is 51.6 cm³/mol. The van der Waals surface area contributed by atoms with E-state index in [1.807, 2.05) is 20.8 Å². The average Bonchev–Trinajstić information content (AvgIpc) is 2.33. The molecule has 0 atom stereocenters. The monoisotopic (exact) mass is 271 g/mol. The molecule has 4 heteroatoms. The fourth-order valence-corrected chi connectivity index (χ4v) is 1.55. The number of halogens is 2. The van der Waals surface area contributed by atoms with Crippen LogP contribution >= 0.6 is 0 Å². The van der Waals surface area contributed by atoms with E-state index in [2.05, 4.69) is 23.5 Å². The van der Waals surface area contributed by atoms with Crippen LogP contribution in [0.5, 0.6) is 0 Å². The number of nitrogens with two attached hydrogens (primary N) is 1. The molecule has 0 amide bonds. The number of rotatable bonds is 1. The number of hydrogen-bond donors (Lipinski definition) is 1. The van der Waals surface area contributed by atoms with Crippen LogP contribution in [0.4, 0.5) is 0 Å². The van der Waals surface area contributed by atoms with E-state index in [-0.39, 0.29) is 30.4 Å². The van der Waals surface area contributed by atoms with Gasteiger partial charge in [-0.25, -0.2) is 0 Å². The molecule has 0 aliphatic heterocycles. The van der Waals surface area contributed by atoms with Gasteiger partial charge in [-0.2, -0.15) is 0 Å². The maximum Gasteiger partial charge on any atom is -1.00 e. The Labute approximate surface area is 109 Å². The molecule has 1 aliphatic rings. The molecule has 0 unspecified atom stereocenters. The van der Waals surface area contributed by atoms with Crippen LogP contribution in [0.1, 0.15) is 27.2 Å². The topological polar surface area (TPSA) is 26.0 Å². The maximum atomic E-state index is 5.35. The van der Waals surface area contributed by atoms with Gasteiger partial charge in [-0.3, -0.25) is 0 Å². The standard InChI is InChI=1S/C5H5.C4H11N.CH3.2ClH.Ti/c1-2-4-5-3-1;1-4(2,3)5;;;;/h1-3H,4H2;5H2,1-3H3;1H3;2*1H;/q;;;;;+2/p-2. The molecule has 0 aromatic rings. The number of hydrogen-bond acceptors (Lipinski definition) is 1. The fraction of sp³-hybridized carbons (Fsp3) is 0.600. The second-order valence-corrected chi connectivity index (χ2v) is 5.72. The minimum atomic E-state index is 0. The Morgan fingerprint density at radius 3 is 1.86 bits per heavy atom. The Bertz CT molecular complexity index is 177. The summed E-state index contributed by atoms with van der Waals surface area (Å²) in [5.74, 6) is 0.